The molecule has 22 heavy (non-hydrogen) atoms. The Morgan fingerprint density at radius 1 is 1.45 bits per heavy atom. The van der Waals surface area contributed by atoms with Gasteiger partial charge in [-0.1, -0.05) is 26.0 Å². The Morgan fingerprint density at radius 2 is 2.09 bits per heavy atom. The topological polar surface area (TPSA) is 107 Å². The van der Waals surface area contributed by atoms with Crippen molar-refractivity contribution in [1.82, 2.24) is 5.32 Å². The van der Waals surface area contributed by atoms with Crippen molar-refractivity contribution < 1.29 is 14.5 Å². The summed E-state index contributed by atoms with van der Waals surface area (Å²) in [6.07, 6.45) is 0.737. The molecule has 7 nitrogen and oxygen atoms in total. The van der Waals surface area contributed by atoms with Crippen molar-refractivity contribution in [2.45, 2.75) is 32.7 Å². The molecule has 1 amide bonds. The van der Waals surface area contributed by atoms with Gasteiger partial charge in [-0.25, -0.2) is 0 Å². The fourth-order valence-electron chi connectivity index (χ4n) is 2.33. The summed E-state index contributed by atoms with van der Waals surface area (Å²) in [5.74, 6) is 0.0951. The first kappa shape index (κ1) is 17.9. The molecular weight excluding hydrogens is 286 g/mol. The molecular formula is C15H23N3O4. The van der Waals surface area contributed by atoms with Crippen LogP contribution in [0.5, 0.6) is 5.75 Å². The van der Waals surface area contributed by atoms with Gasteiger partial charge in [-0.15, -0.1) is 0 Å². The highest BCUT2D eigenvalue weighted by molar-refractivity contribution is 5.78. The SMILES string of the molecule is CC(C)CC(C)(CN)NC(=O)COc1ccccc1[N+](=O)[O-]. The second kappa shape index (κ2) is 7.74. The average Bonchev–Trinajstić information content (AvgIpc) is 2.44. The molecule has 7 heteroatoms. The van der Waals surface area contributed by atoms with Crippen LogP contribution in [0.2, 0.25) is 0 Å². The number of para-hydroxylation sites is 2. The number of nitrogens with two attached hydrogens (primary N) is 1. The van der Waals surface area contributed by atoms with Crippen molar-refractivity contribution in [3.63, 3.8) is 0 Å². The van der Waals surface area contributed by atoms with Crippen LogP contribution in [0.1, 0.15) is 27.2 Å². The van der Waals surface area contributed by atoms with E-state index in [9.17, 15) is 14.9 Å². The van der Waals surface area contributed by atoms with Crippen LogP contribution in [0.25, 0.3) is 0 Å². The largest absolute Gasteiger partial charge is 0.477 e. The lowest BCUT2D eigenvalue weighted by Gasteiger charge is -2.31. The summed E-state index contributed by atoms with van der Waals surface area (Å²) in [4.78, 5) is 22.3. The zero-order chi connectivity index (χ0) is 16.8. The molecule has 0 aromatic heterocycles. The summed E-state index contributed by atoms with van der Waals surface area (Å²) in [6, 6.07) is 5.94. The summed E-state index contributed by atoms with van der Waals surface area (Å²) in [6.45, 7) is 5.98. The lowest BCUT2D eigenvalue weighted by molar-refractivity contribution is -0.385. The van der Waals surface area contributed by atoms with Crippen LogP contribution in [0.15, 0.2) is 24.3 Å². The third-order valence-electron chi connectivity index (χ3n) is 3.17. The third-order valence-corrected chi connectivity index (χ3v) is 3.17. The average molecular weight is 309 g/mol. The molecule has 3 N–H and O–H groups in total. The summed E-state index contributed by atoms with van der Waals surface area (Å²) in [5, 5.41) is 13.7. The Hall–Kier alpha value is -2.15. The molecule has 0 bridgehead atoms. The van der Waals surface area contributed by atoms with Crippen molar-refractivity contribution >= 4 is 11.6 Å². The first-order chi connectivity index (χ1) is 10.3. The molecule has 1 aromatic carbocycles. The first-order valence-electron chi connectivity index (χ1n) is 7.14. The maximum absolute atomic E-state index is 12.0. The smallest absolute Gasteiger partial charge is 0.310 e. The number of amides is 1. The van der Waals surface area contributed by atoms with Gasteiger partial charge in [0.25, 0.3) is 5.91 Å². The Labute approximate surface area is 130 Å². The van der Waals surface area contributed by atoms with Crippen molar-refractivity contribution in [3.05, 3.63) is 34.4 Å². The van der Waals surface area contributed by atoms with Crippen LogP contribution in [-0.4, -0.2) is 29.5 Å². The van der Waals surface area contributed by atoms with E-state index in [0.29, 0.717) is 12.5 Å². The number of ether oxygens (including phenoxy) is 1. The number of nitro groups is 1. The van der Waals surface area contributed by atoms with Crippen LogP contribution in [0.3, 0.4) is 0 Å². The number of carbonyl (C=O) groups is 1. The molecule has 0 saturated heterocycles. The molecule has 0 aliphatic carbocycles. The van der Waals surface area contributed by atoms with Gasteiger partial charge in [0.1, 0.15) is 0 Å². The molecule has 0 heterocycles. The van der Waals surface area contributed by atoms with Crippen molar-refractivity contribution in [2.24, 2.45) is 11.7 Å². The molecule has 0 saturated carbocycles. The maximum atomic E-state index is 12.0. The highest BCUT2D eigenvalue weighted by atomic mass is 16.6. The molecule has 1 atom stereocenters. The van der Waals surface area contributed by atoms with E-state index in [1.807, 2.05) is 20.8 Å². The Morgan fingerprint density at radius 3 is 2.64 bits per heavy atom. The number of nitrogens with one attached hydrogen (secondary N) is 1. The molecule has 0 fully saturated rings. The van der Waals surface area contributed by atoms with Crippen molar-refractivity contribution in [1.29, 1.82) is 0 Å². The summed E-state index contributed by atoms with van der Waals surface area (Å²) in [7, 11) is 0. The summed E-state index contributed by atoms with van der Waals surface area (Å²) < 4.78 is 5.26. The Balaban J connectivity index is 2.65. The van der Waals surface area contributed by atoms with Gasteiger partial charge in [0.15, 0.2) is 12.4 Å². The minimum absolute atomic E-state index is 0.0703. The van der Waals surface area contributed by atoms with E-state index in [2.05, 4.69) is 5.32 Å². The number of carbonyl (C=O) groups excluding carboxylic acids is 1. The lowest BCUT2D eigenvalue weighted by atomic mass is 9.91. The standard InChI is InChI=1S/C15H23N3O4/c1-11(2)8-15(3,10-16)17-14(19)9-22-13-7-5-4-6-12(13)18(20)21/h4-7,11H,8-10,16H2,1-3H3,(H,17,19). The Bertz CT molecular complexity index is 533. The summed E-state index contributed by atoms with van der Waals surface area (Å²) in [5.41, 5.74) is 5.05. The first-order valence-corrected chi connectivity index (χ1v) is 7.14. The highest BCUT2D eigenvalue weighted by Gasteiger charge is 2.26. The van der Waals surface area contributed by atoms with Crippen LogP contribution >= 0.6 is 0 Å². The van der Waals surface area contributed by atoms with Gasteiger partial charge in [0.05, 0.1) is 4.92 Å². The Kier molecular flexibility index (Phi) is 6.30. The van der Waals surface area contributed by atoms with Gasteiger partial charge in [0, 0.05) is 18.2 Å². The predicted molar refractivity (Wildman–Crippen MR) is 83.6 cm³/mol. The fraction of sp³-hybridized carbons (Fsp3) is 0.533. The molecule has 0 spiro atoms. The second-order valence-electron chi connectivity index (χ2n) is 5.92. The normalized spacial score (nSPS) is 13.5. The second-order valence-corrected chi connectivity index (χ2v) is 5.92. The number of hydrogen-bond acceptors (Lipinski definition) is 5. The quantitative estimate of drug-likeness (QED) is 0.563. The van der Waals surface area contributed by atoms with Crippen LogP contribution < -0.4 is 15.8 Å². The van der Waals surface area contributed by atoms with E-state index in [1.165, 1.54) is 12.1 Å². The fourth-order valence-corrected chi connectivity index (χ4v) is 2.33. The maximum Gasteiger partial charge on any atom is 0.310 e. The van der Waals surface area contributed by atoms with Crippen molar-refractivity contribution in [3.8, 4) is 5.75 Å². The van der Waals surface area contributed by atoms with Crippen molar-refractivity contribution in [2.75, 3.05) is 13.2 Å². The summed E-state index contributed by atoms with van der Waals surface area (Å²) >= 11 is 0. The van der Waals surface area contributed by atoms with E-state index in [-0.39, 0.29) is 24.0 Å². The minimum Gasteiger partial charge on any atom is -0.477 e. The zero-order valence-corrected chi connectivity index (χ0v) is 13.2. The number of benzene rings is 1. The van der Waals surface area contributed by atoms with Gasteiger partial charge < -0.3 is 15.8 Å². The number of nitrogens with zero attached hydrogens (tertiary/aromatic N) is 1. The van der Waals surface area contributed by atoms with E-state index in [0.717, 1.165) is 6.42 Å². The zero-order valence-electron chi connectivity index (χ0n) is 13.2. The molecule has 0 radical (unpaired) electrons. The monoisotopic (exact) mass is 309 g/mol. The highest BCUT2D eigenvalue weighted by Crippen LogP contribution is 2.25. The van der Waals surface area contributed by atoms with E-state index in [1.54, 1.807) is 12.1 Å². The van der Waals surface area contributed by atoms with E-state index >= 15 is 0 Å². The van der Waals surface area contributed by atoms with Crippen LogP contribution in [0.4, 0.5) is 5.69 Å². The minimum atomic E-state index is -0.546. The van der Waals surface area contributed by atoms with Gasteiger partial charge in [-0.05, 0) is 25.3 Å². The van der Waals surface area contributed by atoms with E-state index in [4.69, 9.17) is 10.5 Å². The predicted octanol–water partition coefficient (Wildman–Crippen LogP) is 1.85. The van der Waals surface area contributed by atoms with Crippen LogP contribution in [-0.2, 0) is 4.79 Å². The molecule has 0 aliphatic heterocycles. The van der Waals surface area contributed by atoms with Gasteiger partial charge in [-0.3, -0.25) is 14.9 Å². The molecule has 122 valence electrons. The third kappa shape index (κ3) is 5.33. The van der Waals surface area contributed by atoms with Crippen LogP contribution in [0, 0.1) is 16.0 Å². The number of nitro benzene ring substituents is 1. The molecule has 0 aliphatic rings. The lowest BCUT2D eigenvalue weighted by Crippen LogP contribution is -2.53. The number of hydrogen-bond donors (Lipinski definition) is 2. The van der Waals surface area contributed by atoms with Gasteiger partial charge >= 0.3 is 5.69 Å². The van der Waals surface area contributed by atoms with E-state index < -0.39 is 10.5 Å². The molecule has 1 rings (SSSR count). The van der Waals surface area contributed by atoms with Gasteiger partial charge in [-0.2, -0.15) is 0 Å². The molecule has 1 unspecified atom stereocenters. The van der Waals surface area contributed by atoms with Gasteiger partial charge in [0.2, 0.25) is 0 Å². The molecule has 1 aromatic rings. The number of rotatable bonds is 8.